The van der Waals surface area contributed by atoms with Gasteiger partial charge in [0, 0.05) is 15.1 Å². The third-order valence-corrected chi connectivity index (χ3v) is 6.82. The molecule has 2 aliphatic heterocycles. The van der Waals surface area contributed by atoms with Gasteiger partial charge >= 0.3 is 0 Å². The van der Waals surface area contributed by atoms with E-state index in [-0.39, 0.29) is 5.75 Å². The first-order chi connectivity index (χ1) is 15.4. The van der Waals surface area contributed by atoms with Crippen molar-refractivity contribution in [3.8, 4) is 5.75 Å². The summed E-state index contributed by atoms with van der Waals surface area (Å²) in [7, 11) is 0. The lowest BCUT2D eigenvalue weighted by Gasteiger charge is -2.29. The third-order valence-electron chi connectivity index (χ3n) is 5.91. The molecule has 3 aromatic rings. The first-order valence-electron chi connectivity index (χ1n) is 10.0. The summed E-state index contributed by atoms with van der Waals surface area (Å²) in [4.78, 5) is 34.3. The molecular formula is C24H18BrClN2O4. The molecule has 5 rings (SSSR count). The predicted molar refractivity (Wildman–Crippen MR) is 125 cm³/mol. The second kappa shape index (κ2) is 7.92. The number of para-hydroxylation sites is 1. The molecule has 0 bridgehead atoms. The van der Waals surface area contributed by atoms with Crippen LogP contribution in [0.5, 0.6) is 5.75 Å². The van der Waals surface area contributed by atoms with Gasteiger partial charge in [0.15, 0.2) is 6.10 Å². The Hall–Kier alpha value is -2.87. The number of phenolic OH excluding ortho intramolecular Hbond substituents is 1. The normalized spacial score (nSPS) is 22.5. The number of carbonyl (C=O) groups is 2. The van der Waals surface area contributed by atoms with Crippen molar-refractivity contribution in [2.75, 3.05) is 9.96 Å². The molecule has 0 aliphatic carbocycles. The topological polar surface area (TPSA) is 70.1 Å². The van der Waals surface area contributed by atoms with Crippen LogP contribution in [-0.2, 0) is 14.4 Å². The average Bonchev–Trinajstić information content (AvgIpc) is 3.29. The predicted octanol–water partition coefficient (Wildman–Crippen LogP) is 5.17. The first-order valence-corrected chi connectivity index (χ1v) is 11.2. The second-order valence-corrected chi connectivity index (χ2v) is 9.08. The highest BCUT2D eigenvalue weighted by atomic mass is 79.9. The molecule has 3 atom stereocenters. The van der Waals surface area contributed by atoms with Crippen LogP contribution in [-0.4, -0.2) is 23.0 Å². The summed E-state index contributed by atoms with van der Waals surface area (Å²) in [5, 5.41) is 12.7. The quantitative estimate of drug-likeness (QED) is 0.490. The van der Waals surface area contributed by atoms with Gasteiger partial charge in [-0.05, 0) is 55.0 Å². The number of amides is 2. The molecular weight excluding hydrogens is 496 g/mol. The maximum atomic E-state index is 13.7. The molecule has 2 heterocycles. The first kappa shape index (κ1) is 21.0. The molecule has 0 saturated carbocycles. The number of benzene rings is 3. The lowest BCUT2D eigenvalue weighted by Crippen LogP contribution is -2.37. The molecule has 6 nitrogen and oxygen atoms in total. The minimum atomic E-state index is -1.02. The van der Waals surface area contributed by atoms with Gasteiger partial charge in [0.05, 0.1) is 17.4 Å². The van der Waals surface area contributed by atoms with Gasteiger partial charge in [0.25, 0.3) is 5.91 Å². The van der Waals surface area contributed by atoms with Crippen molar-refractivity contribution in [1.29, 1.82) is 0 Å². The van der Waals surface area contributed by atoms with Crippen LogP contribution in [0.1, 0.15) is 17.2 Å². The highest BCUT2D eigenvalue weighted by molar-refractivity contribution is 9.10. The fourth-order valence-electron chi connectivity index (χ4n) is 4.37. The van der Waals surface area contributed by atoms with Crippen molar-refractivity contribution in [2.45, 2.75) is 19.1 Å². The number of anilines is 2. The van der Waals surface area contributed by atoms with Gasteiger partial charge in [-0.3, -0.25) is 14.4 Å². The van der Waals surface area contributed by atoms with Gasteiger partial charge < -0.3 is 5.11 Å². The number of rotatable bonds is 3. The summed E-state index contributed by atoms with van der Waals surface area (Å²) in [6.45, 7) is 1.76. The van der Waals surface area contributed by atoms with E-state index in [9.17, 15) is 14.7 Å². The molecule has 1 N–H and O–H groups in total. The Morgan fingerprint density at radius 3 is 2.50 bits per heavy atom. The van der Waals surface area contributed by atoms with Crippen molar-refractivity contribution < 1.29 is 19.5 Å². The highest BCUT2D eigenvalue weighted by Gasteiger charge is 2.61. The lowest BCUT2D eigenvalue weighted by molar-refractivity contribution is -0.126. The Kier molecular flexibility index (Phi) is 5.20. The number of hydrogen-bond acceptors (Lipinski definition) is 5. The molecule has 0 unspecified atom stereocenters. The number of hydrogen-bond donors (Lipinski definition) is 1. The third kappa shape index (κ3) is 3.20. The van der Waals surface area contributed by atoms with Gasteiger partial charge in [0.2, 0.25) is 5.91 Å². The molecule has 2 aliphatic rings. The van der Waals surface area contributed by atoms with Crippen molar-refractivity contribution in [1.82, 2.24) is 0 Å². The van der Waals surface area contributed by atoms with Gasteiger partial charge in [0.1, 0.15) is 11.7 Å². The van der Waals surface area contributed by atoms with Crippen molar-refractivity contribution in [3.63, 3.8) is 0 Å². The zero-order valence-corrected chi connectivity index (χ0v) is 19.2. The maximum Gasteiger partial charge on any atom is 0.266 e. The van der Waals surface area contributed by atoms with Crippen molar-refractivity contribution >= 4 is 50.7 Å². The Morgan fingerprint density at radius 2 is 1.75 bits per heavy atom. The minimum Gasteiger partial charge on any atom is -0.508 e. The summed E-state index contributed by atoms with van der Waals surface area (Å²) in [6.07, 6.45) is -1.02. The van der Waals surface area contributed by atoms with Crippen LogP contribution in [0.4, 0.5) is 11.4 Å². The molecule has 3 aromatic carbocycles. The van der Waals surface area contributed by atoms with E-state index in [0.717, 1.165) is 9.37 Å². The highest BCUT2D eigenvalue weighted by Crippen LogP contribution is 2.50. The number of fused-ring (bicyclic) bond motifs is 1. The molecule has 2 saturated heterocycles. The summed E-state index contributed by atoms with van der Waals surface area (Å²) in [6, 6.07) is 18.6. The fraction of sp³-hybridized carbons (Fsp3) is 0.167. The van der Waals surface area contributed by atoms with Crippen molar-refractivity contribution in [3.05, 3.63) is 87.4 Å². The Labute approximate surface area is 198 Å². The molecule has 0 aromatic heterocycles. The number of hydroxylamine groups is 1. The van der Waals surface area contributed by atoms with E-state index >= 15 is 0 Å². The average molecular weight is 514 g/mol. The van der Waals surface area contributed by atoms with E-state index in [1.54, 1.807) is 48.4 Å². The zero-order chi connectivity index (χ0) is 22.6. The summed E-state index contributed by atoms with van der Waals surface area (Å²) in [5.41, 5.74) is 2.24. The molecule has 0 spiro atoms. The van der Waals surface area contributed by atoms with Crippen LogP contribution in [0, 0.1) is 12.8 Å². The van der Waals surface area contributed by atoms with Gasteiger partial charge in [-0.25, -0.2) is 9.96 Å². The van der Waals surface area contributed by atoms with Gasteiger partial charge in [-0.15, -0.1) is 0 Å². The van der Waals surface area contributed by atoms with Crippen LogP contribution in [0.3, 0.4) is 0 Å². The summed E-state index contributed by atoms with van der Waals surface area (Å²) < 4.78 is 0.737. The molecule has 2 amide bonds. The molecule has 2 fully saturated rings. The lowest BCUT2D eigenvalue weighted by atomic mass is 9.90. The van der Waals surface area contributed by atoms with E-state index < -0.39 is 29.9 Å². The number of nitrogens with zero attached hydrogens (tertiary/aromatic N) is 2. The number of phenols is 1. The standard InChI is InChI=1S/C24H18BrClN2O4/c1-13-17(26)8-5-9-18(13)27-23(30)20-21(16-12-14(25)10-11-19(16)29)28(32-22(20)24(27)31)15-6-3-2-4-7-15/h2-12,20-22,29H,1H3/t20-,21+,22+/m0/s1. The van der Waals surface area contributed by atoms with Crippen LogP contribution in [0.25, 0.3) is 0 Å². The number of aromatic hydroxyl groups is 1. The largest absolute Gasteiger partial charge is 0.508 e. The summed E-state index contributed by atoms with van der Waals surface area (Å²) >= 11 is 9.69. The summed E-state index contributed by atoms with van der Waals surface area (Å²) in [5.74, 6) is -1.68. The molecule has 32 heavy (non-hydrogen) atoms. The zero-order valence-electron chi connectivity index (χ0n) is 16.9. The van der Waals surface area contributed by atoms with Crippen LogP contribution in [0.15, 0.2) is 71.2 Å². The Bertz CT molecular complexity index is 1240. The number of carbonyl (C=O) groups excluding carboxylic acids is 2. The van der Waals surface area contributed by atoms with Crippen LogP contribution < -0.4 is 9.96 Å². The van der Waals surface area contributed by atoms with E-state index in [0.29, 0.717) is 27.5 Å². The Balaban J connectivity index is 1.64. The van der Waals surface area contributed by atoms with Gasteiger partial charge in [-0.2, -0.15) is 0 Å². The van der Waals surface area contributed by atoms with E-state index in [4.69, 9.17) is 16.4 Å². The van der Waals surface area contributed by atoms with Crippen molar-refractivity contribution in [2.24, 2.45) is 5.92 Å². The molecule has 162 valence electrons. The van der Waals surface area contributed by atoms with Gasteiger partial charge in [-0.1, -0.05) is 51.8 Å². The van der Waals surface area contributed by atoms with E-state index in [1.165, 1.54) is 0 Å². The molecule has 8 heteroatoms. The SMILES string of the molecule is Cc1c(Cl)cccc1N1C(=O)[C@H]2[C@@H](c3cc(Br)ccc3O)N(c3ccccc3)O[C@H]2C1=O. The second-order valence-electron chi connectivity index (χ2n) is 7.76. The fourth-order valence-corrected chi connectivity index (χ4v) is 4.92. The minimum absolute atomic E-state index is 0.0148. The monoisotopic (exact) mass is 512 g/mol. The maximum absolute atomic E-state index is 13.7. The Morgan fingerprint density at radius 1 is 1.00 bits per heavy atom. The van der Waals surface area contributed by atoms with E-state index in [1.807, 2.05) is 30.3 Å². The number of imide groups is 1. The molecule has 0 radical (unpaired) electrons. The smallest absolute Gasteiger partial charge is 0.266 e. The van der Waals surface area contributed by atoms with E-state index in [2.05, 4.69) is 15.9 Å². The van der Waals surface area contributed by atoms with Crippen LogP contribution >= 0.6 is 27.5 Å². The van der Waals surface area contributed by atoms with Crippen LogP contribution in [0.2, 0.25) is 5.02 Å². The number of halogens is 2.